The molecule has 0 spiro atoms. The fraction of sp³-hybridized carbons (Fsp3) is 0.409. The van der Waals surface area contributed by atoms with Crippen LogP contribution >= 0.6 is 0 Å². The second-order valence-corrected chi connectivity index (χ2v) is 7.09. The van der Waals surface area contributed by atoms with Crippen molar-refractivity contribution >= 4 is 5.78 Å². The molecule has 0 atom stereocenters. The van der Waals surface area contributed by atoms with E-state index in [-0.39, 0.29) is 5.41 Å². The van der Waals surface area contributed by atoms with Gasteiger partial charge in [-0.2, -0.15) is 0 Å². The molecule has 0 aromatic heterocycles. The van der Waals surface area contributed by atoms with E-state index >= 15 is 0 Å². The number of hydrogen-bond acceptors (Lipinski definition) is 1. The lowest BCUT2D eigenvalue weighted by molar-refractivity contribution is -0.126. The van der Waals surface area contributed by atoms with Gasteiger partial charge in [0.15, 0.2) is 0 Å². The highest BCUT2D eigenvalue weighted by Gasteiger charge is 2.26. The molecule has 0 aliphatic heterocycles. The molecule has 2 aromatic carbocycles. The van der Waals surface area contributed by atoms with Gasteiger partial charge in [-0.05, 0) is 35.6 Å². The molecule has 0 unspecified atom stereocenters. The molecule has 0 amide bonds. The lowest BCUT2D eigenvalue weighted by Gasteiger charge is -2.23. The molecule has 23 heavy (non-hydrogen) atoms. The van der Waals surface area contributed by atoms with Crippen LogP contribution in [-0.2, 0) is 11.2 Å². The maximum Gasteiger partial charge on any atom is 0.142 e. The Kier molecular flexibility index (Phi) is 5.76. The summed E-state index contributed by atoms with van der Waals surface area (Å²) in [6, 6.07) is 16.8. The summed E-state index contributed by atoms with van der Waals surface area (Å²) in [5.41, 5.74) is 4.56. The molecule has 0 aliphatic rings. The van der Waals surface area contributed by atoms with Crippen molar-refractivity contribution in [3.05, 3.63) is 59.7 Å². The molecular weight excluding hydrogens is 280 g/mol. The molecule has 1 nitrogen and oxygen atoms in total. The van der Waals surface area contributed by atoms with E-state index in [1.807, 2.05) is 6.07 Å². The summed E-state index contributed by atoms with van der Waals surface area (Å²) in [6.45, 7) is 8.44. The Labute approximate surface area is 140 Å². The van der Waals surface area contributed by atoms with Gasteiger partial charge in [0.2, 0.25) is 0 Å². The first-order valence-electron chi connectivity index (χ1n) is 8.62. The summed E-state index contributed by atoms with van der Waals surface area (Å²) in [5, 5.41) is 0. The standard InChI is InChI=1S/C22H28O/c1-5-6-14-22(3,4)21(23)16-19-12-13-20(15-17(19)2)18-10-8-7-9-11-18/h7-13,15H,5-6,14,16H2,1-4H3. The highest BCUT2D eigenvalue weighted by atomic mass is 16.1. The summed E-state index contributed by atoms with van der Waals surface area (Å²) in [6.07, 6.45) is 3.77. The zero-order valence-corrected chi connectivity index (χ0v) is 14.9. The van der Waals surface area contributed by atoms with E-state index < -0.39 is 0 Å². The number of benzene rings is 2. The van der Waals surface area contributed by atoms with E-state index in [1.165, 1.54) is 16.7 Å². The minimum Gasteiger partial charge on any atom is -0.299 e. The number of unbranched alkanes of at least 4 members (excludes halogenated alkanes) is 1. The summed E-state index contributed by atoms with van der Waals surface area (Å²) in [5.74, 6) is 0.349. The lowest BCUT2D eigenvalue weighted by atomic mass is 9.80. The molecule has 0 N–H and O–H groups in total. The van der Waals surface area contributed by atoms with Gasteiger partial charge in [-0.1, -0.05) is 82.1 Å². The lowest BCUT2D eigenvalue weighted by Crippen LogP contribution is -2.26. The molecule has 0 bridgehead atoms. The zero-order chi connectivity index (χ0) is 16.9. The van der Waals surface area contributed by atoms with Gasteiger partial charge in [0.25, 0.3) is 0 Å². The van der Waals surface area contributed by atoms with Gasteiger partial charge in [0.05, 0.1) is 0 Å². The van der Waals surface area contributed by atoms with Crippen LogP contribution in [0.15, 0.2) is 48.5 Å². The highest BCUT2D eigenvalue weighted by Crippen LogP contribution is 2.28. The quantitative estimate of drug-likeness (QED) is 0.614. The fourth-order valence-corrected chi connectivity index (χ4v) is 2.87. The Morgan fingerprint density at radius 3 is 2.30 bits per heavy atom. The number of ketones is 1. The van der Waals surface area contributed by atoms with E-state index in [0.29, 0.717) is 12.2 Å². The van der Waals surface area contributed by atoms with Crippen molar-refractivity contribution in [2.45, 2.75) is 53.4 Å². The van der Waals surface area contributed by atoms with Crippen LogP contribution in [0.3, 0.4) is 0 Å². The van der Waals surface area contributed by atoms with E-state index in [4.69, 9.17) is 0 Å². The smallest absolute Gasteiger partial charge is 0.142 e. The molecule has 2 rings (SSSR count). The first kappa shape index (κ1) is 17.5. The third kappa shape index (κ3) is 4.54. The summed E-state index contributed by atoms with van der Waals surface area (Å²) in [4.78, 5) is 12.6. The average molecular weight is 308 g/mol. The fourth-order valence-electron chi connectivity index (χ4n) is 2.87. The number of carbonyl (C=O) groups is 1. The van der Waals surface area contributed by atoms with Crippen molar-refractivity contribution in [1.29, 1.82) is 0 Å². The third-order valence-electron chi connectivity index (χ3n) is 4.71. The molecule has 0 heterocycles. The van der Waals surface area contributed by atoms with E-state index in [9.17, 15) is 4.79 Å². The maximum absolute atomic E-state index is 12.6. The third-order valence-corrected chi connectivity index (χ3v) is 4.71. The first-order valence-corrected chi connectivity index (χ1v) is 8.62. The molecular formula is C22H28O. The zero-order valence-electron chi connectivity index (χ0n) is 14.9. The number of hydrogen-bond donors (Lipinski definition) is 0. The second-order valence-electron chi connectivity index (χ2n) is 7.09. The van der Waals surface area contributed by atoms with Crippen LogP contribution in [0, 0.1) is 12.3 Å². The largest absolute Gasteiger partial charge is 0.299 e. The Bertz CT molecular complexity index is 653. The summed E-state index contributed by atoms with van der Waals surface area (Å²) >= 11 is 0. The van der Waals surface area contributed by atoms with Gasteiger partial charge in [-0.3, -0.25) is 4.79 Å². The van der Waals surface area contributed by atoms with Crippen LogP contribution in [0.1, 0.15) is 51.2 Å². The number of aryl methyl sites for hydroxylation is 1. The Morgan fingerprint density at radius 2 is 1.70 bits per heavy atom. The van der Waals surface area contributed by atoms with Crippen LogP contribution < -0.4 is 0 Å². The number of rotatable bonds is 7. The summed E-state index contributed by atoms with van der Waals surface area (Å²) < 4.78 is 0. The Balaban J connectivity index is 2.14. The average Bonchev–Trinajstić information content (AvgIpc) is 2.55. The molecule has 0 radical (unpaired) electrons. The first-order chi connectivity index (χ1) is 10.9. The van der Waals surface area contributed by atoms with E-state index in [0.717, 1.165) is 24.8 Å². The van der Waals surface area contributed by atoms with Crippen LogP contribution in [0.2, 0.25) is 0 Å². The van der Waals surface area contributed by atoms with Gasteiger partial charge >= 0.3 is 0 Å². The SMILES string of the molecule is CCCCC(C)(C)C(=O)Cc1ccc(-c2ccccc2)cc1C. The van der Waals surface area contributed by atoms with Crippen LogP contribution in [0.25, 0.3) is 11.1 Å². The molecule has 122 valence electrons. The number of carbonyl (C=O) groups excluding carboxylic acids is 1. The van der Waals surface area contributed by atoms with E-state index in [1.54, 1.807) is 0 Å². The predicted molar refractivity (Wildman–Crippen MR) is 98.6 cm³/mol. The predicted octanol–water partition coefficient (Wildman–Crippen LogP) is 5.99. The van der Waals surface area contributed by atoms with Crippen molar-refractivity contribution in [2.24, 2.45) is 5.41 Å². The van der Waals surface area contributed by atoms with Crippen LogP contribution in [0.5, 0.6) is 0 Å². The van der Waals surface area contributed by atoms with Crippen molar-refractivity contribution in [3.63, 3.8) is 0 Å². The van der Waals surface area contributed by atoms with Crippen LogP contribution in [0.4, 0.5) is 0 Å². The monoisotopic (exact) mass is 308 g/mol. The second kappa shape index (κ2) is 7.59. The molecule has 1 heteroatoms. The molecule has 0 fully saturated rings. The molecule has 0 saturated carbocycles. The van der Waals surface area contributed by atoms with Gasteiger partial charge in [0.1, 0.15) is 5.78 Å². The Morgan fingerprint density at radius 1 is 1.00 bits per heavy atom. The Hall–Kier alpha value is -1.89. The van der Waals surface area contributed by atoms with Crippen LogP contribution in [-0.4, -0.2) is 5.78 Å². The summed E-state index contributed by atoms with van der Waals surface area (Å²) in [7, 11) is 0. The topological polar surface area (TPSA) is 17.1 Å². The maximum atomic E-state index is 12.6. The van der Waals surface area contributed by atoms with Gasteiger partial charge in [-0.25, -0.2) is 0 Å². The van der Waals surface area contributed by atoms with Gasteiger partial charge in [0, 0.05) is 11.8 Å². The van der Waals surface area contributed by atoms with Gasteiger partial charge in [-0.15, -0.1) is 0 Å². The number of Topliss-reactive ketones (excluding diaryl/α,β-unsaturated/α-hetero) is 1. The highest BCUT2D eigenvalue weighted by molar-refractivity contribution is 5.86. The normalized spacial score (nSPS) is 11.5. The minimum atomic E-state index is -0.222. The van der Waals surface area contributed by atoms with Crippen molar-refractivity contribution in [3.8, 4) is 11.1 Å². The molecule has 2 aromatic rings. The van der Waals surface area contributed by atoms with Gasteiger partial charge < -0.3 is 0 Å². The molecule has 0 saturated heterocycles. The minimum absolute atomic E-state index is 0.222. The van der Waals surface area contributed by atoms with E-state index in [2.05, 4.69) is 70.2 Å². The van der Waals surface area contributed by atoms with Crippen molar-refractivity contribution < 1.29 is 4.79 Å². The molecule has 0 aliphatic carbocycles. The van der Waals surface area contributed by atoms with Crippen molar-refractivity contribution in [2.75, 3.05) is 0 Å². The van der Waals surface area contributed by atoms with Crippen molar-refractivity contribution in [1.82, 2.24) is 0 Å².